The molecule has 0 radical (unpaired) electrons. The van der Waals surface area contributed by atoms with Crippen molar-refractivity contribution in [3.63, 3.8) is 0 Å². The Balaban J connectivity index is 1.21. The standard InChI is InChI=1S/C46H78N2O35/c1-10-21(55)27(61)33(67)44(73-10)82-38-20(48-12(3)54)41(77-16(7-52)37(38)81-45-34(68)29(63)23(57)14(5-50)76-45)71-9-18-25(59)39(35(69)46(79-18)80-36-15(6-51)74-40(70)31(65)30(36)64)83-42-19(47-11(2)53)26(60)24(58)17(78-42)8-72-43-32(66)28(62)22(56)13(4-49)75-43/h10,13-46,49-52,55-70H,4-9H2,1-3H3,(H,47,53)(H,48,54). The van der Waals surface area contributed by atoms with E-state index in [2.05, 4.69) is 10.6 Å². The van der Waals surface area contributed by atoms with Crippen molar-refractivity contribution in [3.8, 4) is 0 Å². The molecular formula is C46H78N2O35. The van der Waals surface area contributed by atoms with Gasteiger partial charge in [0.25, 0.3) is 0 Å². The summed E-state index contributed by atoms with van der Waals surface area (Å²) in [6.07, 6.45) is -63.5. The van der Waals surface area contributed by atoms with Crippen LogP contribution in [0.25, 0.3) is 0 Å². The van der Waals surface area contributed by atoms with Crippen LogP contribution in [0.1, 0.15) is 20.8 Å². The lowest BCUT2D eigenvalue weighted by molar-refractivity contribution is -0.385. The van der Waals surface area contributed by atoms with E-state index < -0.39 is 266 Å². The molecule has 37 nitrogen and oxygen atoms in total. The summed E-state index contributed by atoms with van der Waals surface area (Å²) in [6.45, 7) is -2.47. The summed E-state index contributed by atoms with van der Waals surface area (Å²) in [5.41, 5.74) is 0. The molecule has 0 aromatic carbocycles. The van der Waals surface area contributed by atoms with Gasteiger partial charge in [-0.2, -0.15) is 0 Å². The van der Waals surface area contributed by atoms with Crippen LogP contribution in [0.4, 0.5) is 0 Å². The van der Waals surface area contributed by atoms with Crippen molar-refractivity contribution in [1.82, 2.24) is 10.6 Å². The molecule has 22 N–H and O–H groups in total. The van der Waals surface area contributed by atoms with Gasteiger partial charge in [0.15, 0.2) is 44.0 Å². The third-order valence-corrected chi connectivity index (χ3v) is 15.3. The summed E-state index contributed by atoms with van der Waals surface area (Å²) in [5, 5.41) is 220. The molecule has 0 aliphatic carbocycles. The predicted octanol–water partition coefficient (Wildman–Crippen LogP) is -15.0. The van der Waals surface area contributed by atoms with Crippen LogP contribution in [0.2, 0.25) is 0 Å². The normalized spacial score (nSPS) is 50.8. The van der Waals surface area contributed by atoms with Crippen molar-refractivity contribution >= 4 is 11.8 Å². The number of nitrogens with one attached hydrogen (secondary N) is 2. The number of rotatable bonds is 20. The summed E-state index contributed by atoms with van der Waals surface area (Å²) >= 11 is 0. The topological polar surface area (TPSA) is 583 Å². The Morgan fingerprint density at radius 3 is 1.30 bits per heavy atom. The Hall–Kier alpha value is -2.38. The lowest BCUT2D eigenvalue weighted by Gasteiger charge is -2.51. The average Bonchev–Trinajstić information content (AvgIpc) is 2.67. The van der Waals surface area contributed by atoms with Crippen molar-refractivity contribution in [2.75, 3.05) is 39.6 Å². The van der Waals surface area contributed by atoms with Crippen LogP contribution in [-0.4, -0.2) is 368 Å². The molecule has 7 aliphatic rings. The van der Waals surface area contributed by atoms with Crippen molar-refractivity contribution in [2.24, 2.45) is 0 Å². The van der Waals surface area contributed by atoms with Crippen LogP contribution in [0.5, 0.6) is 0 Å². The SMILES string of the molecule is CC(=O)NC1C(OC2C(O)C(COC3OC(CO)C(OC4OC(CO)C(O)C(O)C4O)C(OC4OC(C)C(O)C(O)C4O)C3NC(C)=O)OC(OC3C(CO)OC(O)C(O)C3O)C2O)OC(COC2OC(CO)C(O)C(O)C2O)C(O)C1O. The molecular weight excluding hydrogens is 1140 g/mol. The minimum Gasteiger partial charge on any atom is -0.394 e. The largest absolute Gasteiger partial charge is 0.394 e. The number of ether oxygens (including phenoxy) is 13. The number of amides is 2. The maximum absolute atomic E-state index is 13.1. The van der Waals surface area contributed by atoms with Gasteiger partial charge < -0.3 is 174 Å². The zero-order chi connectivity index (χ0) is 61.2. The third kappa shape index (κ3) is 14.9. The van der Waals surface area contributed by atoms with E-state index in [4.69, 9.17) is 61.6 Å². The average molecular weight is 1220 g/mol. The van der Waals surface area contributed by atoms with Gasteiger partial charge in [-0.15, -0.1) is 0 Å². The van der Waals surface area contributed by atoms with E-state index in [0.717, 1.165) is 13.8 Å². The monoisotopic (exact) mass is 1220 g/mol. The highest BCUT2D eigenvalue weighted by atomic mass is 16.8. The number of carbonyl (C=O) groups excluding carboxylic acids is 2. The van der Waals surface area contributed by atoms with Crippen LogP contribution < -0.4 is 10.6 Å². The van der Waals surface area contributed by atoms with Gasteiger partial charge >= 0.3 is 0 Å². The van der Waals surface area contributed by atoms with E-state index >= 15 is 0 Å². The van der Waals surface area contributed by atoms with Gasteiger partial charge in [-0.3, -0.25) is 9.59 Å². The second-order valence-corrected chi connectivity index (χ2v) is 21.1. The molecule has 7 rings (SSSR count). The molecule has 83 heavy (non-hydrogen) atoms. The van der Waals surface area contributed by atoms with Crippen LogP contribution in [-0.2, 0) is 71.2 Å². The highest BCUT2D eigenvalue weighted by Crippen LogP contribution is 2.37. The Labute approximate surface area is 470 Å². The summed E-state index contributed by atoms with van der Waals surface area (Å²) in [6, 6.07) is -3.59. The maximum Gasteiger partial charge on any atom is 0.217 e. The van der Waals surface area contributed by atoms with Gasteiger partial charge in [0, 0.05) is 13.8 Å². The lowest BCUT2D eigenvalue weighted by Crippen LogP contribution is -2.70. The fourth-order valence-corrected chi connectivity index (χ4v) is 10.5. The Kier molecular flexibility index (Phi) is 24.0. The van der Waals surface area contributed by atoms with Gasteiger partial charge in [0.05, 0.1) is 45.7 Å². The highest BCUT2D eigenvalue weighted by Gasteiger charge is 2.58. The van der Waals surface area contributed by atoms with Crippen LogP contribution in [0.15, 0.2) is 0 Å². The molecule has 0 aromatic heterocycles. The van der Waals surface area contributed by atoms with Crippen molar-refractivity contribution in [2.45, 2.75) is 236 Å². The Morgan fingerprint density at radius 1 is 0.337 bits per heavy atom. The predicted molar refractivity (Wildman–Crippen MR) is 254 cm³/mol. The first kappa shape index (κ1) is 68.1. The molecule has 0 spiro atoms. The van der Waals surface area contributed by atoms with Crippen LogP contribution in [0, 0.1) is 0 Å². The third-order valence-electron chi connectivity index (χ3n) is 15.3. The van der Waals surface area contributed by atoms with Gasteiger partial charge in [0.2, 0.25) is 11.8 Å². The van der Waals surface area contributed by atoms with Crippen LogP contribution in [0.3, 0.4) is 0 Å². The van der Waals surface area contributed by atoms with E-state index in [0.29, 0.717) is 0 Å². The van der Waals surface area contributed by atoms with E-state index in [-0.39, 0.29) is 0 Å². The Morgan fingerprint density at radius 2 is 0.735 bits per heavy atom. The molecule has 7 fully saturated rings. The lowest BCUT2D eigenvalue weighted by atomic mass is 9.94. The Bertz CT molecular complexity index is 2040. The first-order chi connectivity index (χ1) is 39.2. The van der Waals surface area contributed by atoms with Gasteiger partial charge in [-0.05, 0) is 6.92 Å². The number of hydrogen-bond acceptors (Lipinski definition) is 35. The highest BCUT2D eigenvalue weighted by molar-refractivity contribution is 5.73. The minimum absolute atomic E-state index is 0.854. The number of aliphatic hydroxyl groups is 20. The summed E-state index contributed by atoms with van der Waals surface area (Å²) in [5.74, 6) is -1.75. The maximum atomic E-state index is 13.1. The molecule has 0 bridgehead atoms. The molecule has 35 unspecified atom stereocenters. The van der Waals surface area contributed by atoms with Gasteiger partial charge in [-0.25, -0.2) is 0 Å². The van der Waals surface area contributed by atoms with Crippen molar-refractivity contribution in [3.05, 3.63) is 0 Å². The molecule has 0 aromatic rings. The first-order valence-electron chi connectivity index (χ1n) is 26.5. The smallest absolute Gasteiger partial charge is 0.217 e. The summed E-state index contributed by atoms with van der Waals surface area (Å²) in [4.78, 5) is 25.6. The fourth-order valence-electron chi connectivity index (χ4n) is 10.5. The number of carbonyl (C=O) groups is 2. The van der Waals surface area contributed by atoms with Gasteiger partial charge in [0.1, 0.15) is 165 Å². The fraction of sp³-hybridized carbons (Fsp3) is 0.957. The quantitative estimate of drug-likeness (QED) is 0.0538. The molecule has 0 saturated carbocycles. The van der Waals surface area contributed by atoms with Crippen molar-refractivity contribution in [1.29, 1.82) is 0 Å². The first-order valence-corrected chi connectivity index (χ1v) is 26.5. The molecule has 482 valence electrons. The van der Waals surface area contributed by atoms with Gasteiger partial charge in [-0.1, -0.05) is 0 Å². The second kappa shape index (κ2) is 29.3. The zero-order valence-electron chi connectivity index (χ0n) is 44.5. The molecule has 2 amide bonds. The summed E-state index contributed by atoms with van der Waals surface area (Å²) in [7, 11) is 0. The molecule has 7 saturated heterocycles. The molecule has 7 aliphatic heterocycles. The van der Waals surface area contributed by atoms with E-state index in [1.165, 1.54) is 6.92 Å². The molecule has 35 atom stereocenters. The van der Waals surface area contributed by atoms with E-state index in [1.807, 2.05) is 0 Å². The van der Waals surface area contributed by atoms with Crippen LogP contribution >= 0.6 is 0 Å². The summed E-state index contributed by atoms with van der Waals surface area (Å²) < 4.78 is 75.6. The number of hydrogen-bond donors (Lipinski definition) is 22. The van der Waals surface area contributed by atoms with E-state index in [1.54, 1.807) is 0 Å². The minimum atomic E-state index is -2.32. The van der Waals surface area contributed by atoms with E-state index in [9.17, 15) is 112 Å². The second-order valence-electron chi connectivity index (χ2n) is 21.1. The molecule has 37 heteroatoms. The molecule has 7 heterocycles. The van der Waals surface area contributed by atoms with Crippen molar-refractivity contribution < 1.29 is 173 Å². The number of aliphatic hydroxyl groups excluding tert-OH is 20. The zero-order valence-corrected chi connectivity index (χ0v) is 44.5.